The lowest BCUT2D eigenvalue weighted by atomic mass is 10.0. The van der Waals surface area contributed by atoms with E-state index in [0.717, 1.165) is 44.6 Å². The molecule has 2 aliphatic heterocycles. The minimum absolute atomic E-state index is 0. The normalized spacial score (nSPS) is 20.5. The molecule has 6 nitrogen and oxygen atoms in total. The van der Waals surface area contributed by atoms with E-state index in [2.05, 4.69) is 12.2 Å². The highest BCUT2D eigenvalue weighted by molar-refractivity contribution is 5.94. The molecule has 2 amide bonds. The summed E-state index contributed by atoms with van der Waals surface area (Å²) in [6.07, 6.45) is 2.83. The molecule has 1 atom stereocenters. The van der Waals surface area contributed by atoms with Gasteiger partial charge in [0.15, 0.2) is 0 Å². The van der Waals surface area contributed by atoms with Crippen molar-refractivity contribution in [2.75, 3.05) is 39.3 Å². The molecule has 3 rings (SSSR count). The van der Waals surface area contributed by atoms with Gasteiger partial charge < -0.3 is 19.9 Å². The third kappa shape index (κ3) is 4.89. The molecule has 1 N–H and O–H groups in total. The molecular weight excluding hydrogens is 354 g/mol. The molecule has 1 aromatic rings. The Morgan fingerprint density at radius 1 is 1.35 bits per heavy atom. The molecule has 1 unspecified atom stereocenters. The Labute approximate surface area is 161 Å². The summed E-state index contributed by atoms with van der Waals surface area (Å²) >= 11 is 0. The second kappa shape index (κ2) is 9.78. The average molecular weight is 382 g/mol. The molecule has 2 aliphatic rings. The topological polar surface area (TPSA) is 61.9 Å². The van der Waals surface area contributed by atoms with Crippen LogP contribution in [0.2, 0.25) is 0 Å². The number of benzene rings is 1. The largest absolute Gasteiger partial charge is 0.494 e. The fourth-order valence-electron chi connectivity index (χ4n) is 3.52. The van der Waals surface area contributed by atoms with Crippen molar-refractivity contribution in [3.8, 4) is 5.75 Å². The predicted octanol–water partition coefficient (Wildman–Crippen LogP) is 1.93. The molecule has 0 spiro atoms. The minimum atomic E-state index is 0. The molecule has 2 heterocycles. The highest BCUT2D eigenvalue weighted by Crippen LogP contribution is 2.21. The maximum atomic E-state index is 12.9. The van der Waals surface area contributed by atoms with Crippen LogP contribution in [0.5, 0.6) is 5.75 Å². The third-order valence-corrected chi connectivity index (χ3v) is 4.80. The zero-order valence-corrected chi connectivity index (χ0v) is 16.1. The summed E-state index contributed by atoms with van der Waals surface area (Å²) in [5, 5.41) is 3.10. The first-order chi connectivity index (χ1) is 12.2. The lowest BCUT2D eigenvalue weighted by Crippen LogP contribution is -2.57. The fourth-order valence-corrected chi connectivity index (χ4v) is 3.52. The number of nitrogens with zero attached hydrogens (tertiary/aromatic N) is 2. The van der Waals surface area contributed by atoms with Crippen LogP contribution < -0.4 is 10.1 Å². The van der Waals surface area contributed by atoms with E-state index in [4.69, 9.17) is 4.74 Å². The Balaban J connectivity index is 0.00000243. The van der Waals surface area contributed by atoms with Gasteiger partial charge in [-0.15, -0.1) is 12.4 Å². The zero-order chi connectivity index (χ0) is 17.6. The van der Waals surface area contributed by atoms with Crippen LogP contribution in [-0.2, 0) is 4.79 Å². The molecule has 2 saturated heterocycles. The second-order valence-electron chi connectivity index (χ2n) is 6.69. The maximum Gasteiger partial charge on any atom is 0.254 e. The molecule has 1 aromatic carbocycles. The standard InChI is InChI=1S/C19H27N3O3.ClH/c1-2-11-25-17-7-3-5-15(12-17)19(24)21-9-4-6-16(14-21)22-10-8-20-13-18(22)23;/h3,5,7,12,16,20H,2,4,6,8-11,13-14H2,1H3;1H. The number of ether oxygens (including phenoxy) is 1. The van der Waals surface area contributed by atoms with Gasteiger partial charge in [-0.1, -0.05) is 13.0 Å². The number of amides is 2. The summed E-state index contributed by atoms with van der Waals surface area (Å²) in [6, 6.07) is 7.52. The van der Waals surface area contributed by atoms with Crippen molar-refractivity contribution in [1.29, 1.82) is 0 Å². The lowest BCUT2D eigenvalue weighted by Gasteiger charge is -2.41. The Kier molecular flexibility index (Phi) is 7.72. The van der Waals surface area contributed by atoms with Gasteiger partial charge in [-0.25, -0.2) is 0 Å². The number of halogens is 1. The maximum absolute atomic E-state index is 12.9. The SMILES string of the molecule is CCCOc1cccc(C(=O)N2CCCC(N3CCNCC3=O)C2)c1.Cl. The number of piperidine rings is 1. The van der Waals surface area contributed by atoms with Crippen molar-refractivity contribution >= 4 is 24.2 Å². The van der Waals surface area contributed by atoms with Gasteiger partial charge in [-0.05, 0) is 37.5 Å². The Morgan fingerprint density at radius 3 is 2.96 bits per heavy atom. The number of hydrogen-bond acceptors (Lipinski definition) is 4. The number of piperazine rings is 1. The van der Waals surface area contributed by atoms with E-state index in [1.165, 1.54) is 0 Å². The quantitative estimate of drug-likeness (QED) is 0.846. The van der Waals surface area contributed by atoms with Gasteiger partial charge >= 0.3 is 0 Å². The number of likely N-dealkylation sites (tertiary alicyclic amines) is 1. The average Bonchev–Trinajstić information content (AvgIpc) is 2.66. The van der Waals surface area contributed by atoms with E-state index in [-0.39, 0.29) is 30.3 Å². The first kappa shape index (κ1) is 20.5. The van der Waals surface area contributed by atoms with Crippen LogP contribution in [0.4, 0.5) is 0 Å². The van der Waals surface area contributed by atoms with Crippen LogP contribution in [-0.4, -0.2) is 67.0 Å². The van der Waals surface area contributed by atoms with Gasteiger partial charge in [0.1, 0.15) is 5.75 Å². The summed E-state index contributed by atoms with van der Waals surface area (Å²) in [6.45, 7) is 6.02. The van der Waals surface area contributed by atoms with Crippen molar-refractivity contribution < 1.29 is 14.3 Å². The molecule has 26 heavy (non-hydrogen) atoms. The van der Waals surface area contributed by atoms with Crippen LogP contribution >= 0.6 is 12.4 Å². The van der Waals surface area contributed by atoms with Crippen LogP contribution in [0, 0.1) is 0 Å². The molecule has 0 aliphatic carbocycles. The zero-order valence-electron chi connectivity index (χ0n) is 15.3. The number of carbonyl (C=O) groups is 2. The fraction of sp³-hybridized carbons (Fsp3) is 0.579. The van der Waals surface area contributed by atoms with Crippen molar-refractivity contribution in [2.45, 2.75) is 32.2 Å². The first-order valence-corrected chi connectivity index (χ1v) is 9.21. The van der Waals surface area contributed by atoms with Gasteiger partial charge in [0.05, 0.1) is 13.2 Å². The number of rotatable bonds is 5. The number of hydrogen-bond donors (Lipinski definition) is 1. The van der Waals surface area contributed by atoms with Gasteiger partial charge in [-0.2, -0.15) is 0 Å². The van der Waals surface area contributed by atoms with Crippen LogP contribution in [0.15, 0.2) is 24.3 Å². The van der Waals surface area contributed by atoms with E-state index >= 15 is 0 Å². The minimum Gasteiger partial charge on any atom is -0.494 e. The molecular formula is C19H28ClN3O3. The smallest absolute Gasteiger partial charge is 0.254 e. The molecule has 0 radical (unpaired) electrons. The Morgan fingerprint density at radius 2 is 2.19 bits per heavy atom. The second-order valence-corrected chi connectivity index (χ2v) is 6.69. The van der Waals surface area contributed by atoms with Gasteiger partial charge in [-0.3, -0.25) is 9.59 Å². The third-order valence-electron chi connectivity index (χ3n) is 4.80. The van der Waals surface area contributed by atoms with Gasteiger partial charge in [0, 0.05) is 37.8 Å². The van der Waals surface area contributed by atoms with E-state index < -0.39 is 0 Å². The summed E-state index contributed by atoms with van der Waals surface area (Å²) in [4.78, 5) is 28.8. The van der Waals surface area contributed by atoms with E-state index in [9.17, 15) is 9.59 Å². The summed E-state index contributed by atoms with van der Waals surface area (Å²) < 4.78 is 5.63. The highest BCUT2D eigenvalue weighted by Gasteiger charge is 2.31. The van der Waals surface area contributed by atoms with Crippen LogP contribution in [0.1, 0.15) is 36.5 Å². The highest BCUT2D eigenvalue weighted by atomic mass is 35.5. The van der Waals surface area contributed by atoms with Crippen molar-refractivity contribution in [1.82, 2.24) is 15.1 Å². The van der Waals surface area contributed by atoms with E-state index in [0.29, 0.717) is 25.3 Å². The van der Waals surface area contributed by atoms with Crippen molar-refractivity contribution in [2.24, 2.45) is 0 Å². The van der Waals surface area contributed by atoms with Crippen LogP contribution in [0.3, 0.4) is 0 Å². The first-order valence-electron chi connectivity index (χ1n) is 9.21. The lowest BCUT2D eigenvalue weighted by molar-refractivity contribution is -0.135. The molecule has 0 saturated carbocycles. The molecule has 144 valence electrons. The Hall–Kier alpha value is -1.79. The molecule has 0 aromatic heterocycles. The molecule has 2 fully saturated rings. The van der Waals surface area contributed by atoms with E-state index in [1.807, 2.05) is 34.1 Å². The summed E-state index contributed by atoms with van der Waals surface area (Å²) in [5.41, 5.74) is 0.654. The van der Waals surface area contributed by atoms with Gasteiger partial charge in [0.25, 0.3) is 5.91 Å². The van der Waals surface area contributed by atoms with Gasteiger partial charge in [0.2, 0.25) is 5.91 Å². The van der Waals surface area contributed by atoms with Crippen molar-refractivity contribution in [3.63, 3.8) is 0 Å². The monoisotopic (exact) mass is 381 g/mol. The molecule has 0 bridgehead atoms. The van der Waals surface area contributed by atoms with Crippen LogP contribution in [0.25, 0.3) is 0 Å². The molecule has 7 heteroatoms. The van der Waals surface area contributed by atoms with E-state index in [1.54, 1.807) is 0 Å². The Bertz CT molecular complexity index is 626. The number of nitrogens with one attached hydrogen (secondary N) is 1. The summed E-state index contributed by atoms with van der Waals surface area (Å²) in [5.74, 6) is 0.897. The number of carbonyl (C=O) groups excluding carboxylic acids is 2. The van der Waals surface area contributed by atoms with Crippen molar-refractivity contribution in [3.05, 3.63) is 29.8 Å². The predicted molar refractivity (Wildman–Crippen MR) is 103 cm³/mol. The summed E-state index contributed by atoms with van der Waals surface area (Å²) in [7, 11) is 0.